The van der Waals surface area contributed by atoms with Gasteiger partial charge in [0.1, 0.15) is 0 Å². The minimum Gasteiger partial charge on any atom is -0.466 e. The minimum atomic E-state index is 0.0175. The highest BCUT2D eigenvalue weighted by atomic mass is 16.5. The second-order valence-corrected chi connectivity index (χ2v) is 7.98. The van der Waals surface area contributed by atoms with Gasteiger partial charge in [0.05, 0.1) is 6.61 Å². The summed E-state index contributed by atoms with van der Waals surface area (Å²) in [6.45, 7) is 5.16. The Kier molecular flexibility index (Phi) is 22.1. The number of unbranched alkanes of at least 4 members (excludes halogenated alkanes) is 17. The molecule has 156 valence electrons. The van der Waals surface area contributed by atoms with Gasteiger partial charge in [-0.1, -0.05) is 123 Å². The number of esters is 1. The van der Waals surface area contributed by atoms with Crippen molar-refractivity contribution in [3.8, 4) is 0 Å². The van der Waals surface area contributed by atoms with E-state index in [1.165, 1.54) is 109 Å². The van der Waals surface area contributed by atoms with E-state index in [0.717, 1.165) is 12.8 Å². The maximum atomic E-state index is 11.7. The Morgan fingerprint density at radius 2 is 0.846 bits per heavy atom. The van der Waals surface area contributed by atoms with E-state index in [-0.39, 0.29) is 5.97 Å². The molecule has 0 aliphatic carbocycles. The van der Waals surface area contributed by atoms with Crippen molar-refractivity contribution in [3.05, 3.63) is 0 Å². The second kappa shape index (κ2) is 22.5. The number of ether oxygens (including phenoxy) is 1. The molecule has 0 fully saturated rings. The molecule has 0 bridgehead atoms. The molecule has 0 spiro atoms. The summed E-state index contributed by atoms with van der Waals surface area (Å²) in [6, 6.07) is 0. The molecule has 0 radical (unpaired) electrons. The fourth-order valence-electron chi connectivity index (χ4n) is 3.43. The van der Waals surface area contributed by atoms with Crippen molar-refractivity contribution < 1.29 is 9.53 Å². The number of carbonyl (C=O) groups is 1. The van der Waals surface area contributed by atoms with Gasteiger partial charge in [-0.3, -0.25) is 4.79 Å². The van der Waals surface area contributed by atoms with Gasteiger partial charge in [0.25, 0.3) is 0 Å². The highest BCUT2D eigenvalue weighted by molar-refractivity contribution is 5.69. The van der Waals surface area contributed by atoms with E-state index in [9.17, 15) is 4.79 Å². The maximum Gasteiger partial charge on any atom is 0.305 e. The average molecular weight is 369 g/mol. The summed E-state index contributed by atoms with van der Waals surface area (Å²) in [5.41, 5.74) is 0. The van der Waals surface area contributed by atoms with Crippen LogP contribution in [0.2, 0.25) is 0 Å². The number of carbonyl (C=O) groups excluding carboxylic acids is 1. The summed E-state index contributed by atoms with van der Waals surface area (Å²) in [7, 11) is 0. The highest BCUT2D eigenvalue weighted by Crippen LogP contribution is 2.12. The van der Waals surface area contributed by atoms with Gasteiger partial charge in [-0.05, 0) is 12.8 Å². The van der Waals surface area contributed by atoms with Crippen LogP contribution >= 0.6 is 0 Å². The van der Waals surface area contributed by atoms with Gasteiger partial charge >= 0.3 is 5.97 Å². The normalized spacial score (nSPS) is 11.0. The van der Waals surface area contributed by atoms with Gasteiger partial charge in [-0.25, -0.2) is 0 Å². The lowest BCUT2D eigenvalue weighted by molar-refractivity contribution is -0.143. The molecule has 0 N–H and O–H groups in total. The van der Waals surface area contributed by atoms with Crippen molar-refractivity contribution in [2.24, 2.45) is 0 Å². The van der Waals surface area contributed by atoms with Gasteiger partial charge in [-0.2, -0.15) is 0 Å². The molecule has 0 rings (SSSR count). The van der Waals surface area contributed by atoms with Crippen LogP contribution in [0.25, 0.3) is 0 Å². The van der Waals surface area contributed by atoms with Crippen LogP contribution in [0.1, 0.15) is 142 Å². The third kappa shape index (κ3) is 21.5. The number of hydrogen-bond donors (Lipinski definition) is 0. The van der Waals surface area contributed by atoms with Crippen LogP contribution in [0.4, 0.5) is 0 Å². The lowest BCUT2D eigenvalue weighted by Gasteiger charge is -2.05. The zero-order valence-corrected chi connectivity index (χ0v) is 18.2. The third-order valence-corrected chi connectivity index (χ3v) is 5.25. The molecular formula is C24H48O2. The molecule has 0 atom stereocenters. The molecular weight excluding hydrogens is 320 g/mol. The van der Waals surface area contributed by atoms with Gasteiger partial charge in [-0.15, -0.1) is 0 Å². The Morgan fingerprint density at radius 1 is 0.500 bits per heavy atom. The monoisotopic (exact) mass is 368 g/mol. The first-order valence-electron chi connectivity index (χ1n) is 12.0. The predicted molar refractivity (Wildman–Crippen MR) is 115 cm³/mol. The van der Waals surface area contributed by atoms with Crippen molar-refractivity contribution in [3.63, 3.8) is 0 Å². The second-order valence-electron chi connectivity index (χ2n) is 7.98. The van der Waals surface area contributed by atoms with Gasteiger partial charge in [0.15, 0.2) is 0 Å². The van der Waals surface area contributed by atoms with Crippen LogP contribution in [0, 0.1) is 0 Å². The Balaban J connectivity index is 3.13. The Hall–Kier alpha value is -0.530. The molecule has 0 aliphatic rings. The fraction of sp³-hybridized carbons (Fsp3) is 0.958. The van der Waals surface area contributed by atoms with E-state index in [1.807, 2.05) is 0 Å². The molecule has 0 aromatic heterocycles. The molecule has 0 saturated heterocycles. The van der Waals surface area contributed by atoms with Crippen LogP contribution in [-0.2, 0) is 9.53 Å². The first-order valence-corrected chi connectivity index (χ1v) is 12.0. The van der Waals surface area contributed by atoms with Crippen LogP contribution in [0.5, 0.6) is 0 Å². The number of hydrogen-bond acceptors (Lipinski definition) is 2. The van der Waals surface area contributed by atoms with E-state index < -0.39 is 0 Å². The fourth-order valence-corrected chi connectivity index (χ4v) is 3.43. The summed E-state index contributed by atoms with van der Waals surface area (Å²) >= 11 is 0. The van der Waals surface area contributed by atoms with Crippen LogP contribution < -0.4 is 0 Å². The number of rotatable bonds is 21. The van der Waals surface area contributed by atoms with E-state index in [2.05, 4.69) is 13.8 Å². The summed E-state index contributed by atoms with van der Waals surface area (Å²) in [5.74, 6) is 0.0175. The summed E-state index contributed by atoms with van der Waals surface area (Å²) in [5, 5.41) is 0. The standard InChI is InChI=1S/C24H48O2/c1-3-5-7-9-11-13-15-17-19-21-23-26-24(25)22-20-18-16-14-12-10-8-6-4-2/h3-23H2,1-2H3. The zero-order valence-electron chi connectivity index (χ0n) is 18.2. The molecule has 0 heterocycles. The van der Waals surface area contributed by atoms with E-state index in [0.29, 0.717) is 13.0 Å². The topological polar surface area (TPSA) is 26.3 Å². The minimum absolute atomic E-state index is 0.0175. The molecule has 2 heteroatoms. The lowest BCUT2D eigenvalue weighted by atomic mass is 10.1. The molecule has 0 amide bonds. The summed E-state index contributed by atoms with van der Waals surface area (Å²) < 4.78 is 5.35. The zero-order chi connectivity index (χ0) is 19.1. The average Bonchev–Trinajstić information content (AvgIpc) is 2.64. The van der Waals surface area contributed by atoms with Crippen molar-refractivity contribution >= 4 is 5.97 Å². The SMILES string of the molecule is CCCCCCCCCCCCOC(=O)CCCCCCCCCCC. The molecule has 0 aliphatic heterocycles. The van der Waals surface area contributed by atoms with E-state index in [4.69, 9.17) is 4.74 Å². The van der Waals surface area contributed by atoms with Crippen LogP contribution in [0.15, 0.2) is 0 Å². The molecule has 0 unspecified atom stereocenters. The summed E-state index contributed by atoms with van der Waals surface area (Å²) in [6.07, 6.45) is 25.5. The lowest BCUT2D eigenvalue weighted by Crippen LogP contribution is -2.05. The first-order chi connectivity index (χ1) is 12.8. The van der Waals surface area contributed by atoms with Crippen molar-refractivity contribution in [1.29, 1.82) is 0 Å². The predicted octanol–water partition coefficient (Wildman–Crippen LogP) is 8.37. The van der Waals surface area contributed by atoms with Crippen LogP contribution in [-0.4, -0.2) is 12.6 Å². The Labute approximate surface area is 164 Å². The maximum absolute atomic E-state index is 11.7. The largest absolute Gasteiger partial charge is 0.466 e. The van der Waals surface area contributed by atoms with Gasteiger partial charge in [0.2, 0.25) is 0 Å². The molecule has 0 saturated carbocycles. The van der Waals surface area contributed by atoms with Gasteiger partial charge in [0, 0.05) is 6.42 Å². The Morgan fingerprint density at radius 3 is 1.27 bits per heavy atom. The van der Waals surface area contributed by atoms with Crippen molar-refractivity contribution in [2.75, 3.05) is 6.61 Å². The van der Waals surface area contributed by atoms with E-state index in [1.54, 1.807) is 0 Å². The van der Waals surface area contributed by atoms with Crippen molar-refractivity contribution in [1.82, 2.24) is 0 Å². The molecule has 26 heavy (non-hydrogen) atoms. The molecule has 2 nitrogen and oxygen atoms in total. The van der Waals surface area contributed by atoms with Gasteiger partial charge < -0.3 is 4.74 Å². The quantitative estimate of drug-likeness (QED) is 0.150. The molecule has 0 aromatic carbocycles. The van der Waals surface area contributed by atoms with Crippen LogP contribution in [0.3, 0.4) is 0 Å². The Bertz CT molecular complexity index is 275. The third-order valence-electron chi connectivity index (χ3n) is 5.25. The summed E-state index contributed by atoms with van der Waals surface area (Å²) in [4.78, 5) is 11.7. The first kappa shape index (κ1) is 25.5. The smallest absolute Gasteiger partial charge is 0.305 e. The van der Waals surface area contributed by atoms with Crippen molar-refractivity contribution in [2.45, 2.75) is 142 Å². The molecule has 0 aromatic rings. The highest BCUT2D eigenvalue weighted by Gasteiger charge is 2.02. The van der Waals surface area contributed by atoms with E-state index >= 15 is 0 Å².